The predicted octanol–water partition coefficient (Wildman–Crippen LogP) is 3.37. The molecule has 0 amide bonds. The Labute approximate surface area is 198 Å². The Morgan fingerprint density at radius 1 is 1.23 bits per heavy atom. The van der Waals surface area contributed by atoms with Crippen molar-refractivity contribution in [3.63, 3.8) is 0 Å². The number of guanidine groups is 1. The summed E-state index contributed by atoms with van der Waals surface area (Å²) in [6.07, 6.45) is 0.985. The first-order valence-corrected chi connectivity index (χ1v) is 10.3. The van der Waals surface area contributed by atoms with Gasteiger partial charge in [0.25, 0.3) is 0 Å². The number of hydrogen-bond acceptors (Lipinski definition) is 4. The number of benzene rings is 1. The SMILES string of the molecule is CCNC(=NCC(c1cccc(OC)c1)N(C)C)NCCCn1nc(C)cc1C.I. The van der Waals surface area contributed by atoms with Crippen molar-refractivity contribution >= 4 is 29.9 Å². The van der Waals surface area contributed by atoms with Gasteiger partial charge in [-0.05, 0) is 65.0 Å². The monoisotopic (exact) mass is 528 g/mol. The molecule has 7 nitrogen and oxygen atoms in total. The topological polar surface area (TPSA) is 66.7 Å². The van der Waals surface area contributed by atoms with Crippen molar-refractivity contribution in [2.24, 2.45) is 4.99 Å². The van der Waals surface area contributed by atoms with E-state index in [-0.39, 0.29) is 30.0 Å². The molecule has 0 saturated heterocycles. The third-order valence-electron chi connectivity index (χ3n) is 4.81. The lowest BCUT2D eigenvalue weighted by Gasteiger charge is -2.24. The Morgan fingerprint density at radius 3 is 2.60 bits per heavy atom. The second-order valence-corrected chi connectivity index (χ2v) is 7.41. The Bertz CT molecular complexity index is 790. The number of nitrogens with one attached hydrogen (secondary N) is 2. The Kier molecular flexibility index (Phi) is 11.8. The summed E-state index contributed by atoms with van der Waals surface area (Å²) >= 11 is 0. The first-order chi connectivity index (χ1) is 13.9. The van der Waals surface area contributed by atoms with Gasteiger partial charge < -0.3 is 20.3 Å². The predicted molar refractivity (Wildman–Crippen MR) is 135 cm³/mol. The van der Waals surface area contributed by atoms with Gasteiger partial charge in [-0.3, -0.25) is 9.67 Å². The molecule has 8 heteroatoms. The van der Waals surface area contributed by atoms with E-state index in [1.54, 1.807) is 7.11 Å². The molecule has 1 aromatic carbocycles. The summed E-state index contributed by atoms with van der Waals surface area (Å²) in [7, 11) is 5.85. The lowest BCUT2D eigenvalue weighted by molar-refractivity contribution is 0.305. The zero-order valence-electron chi connectivity index (χ0n) is 19.1. The number of nitrogens with zero attached hydrogens (tertiary/aromatic N) is 4. The van der Waals surface area contributed by atoms with Gasteiger partial charge in [0.1, 0.15) is 5.75 Å². The van der Waals surface area contributed by atoms with Crippen molar-refractivity contribution in [1.29, 1.82) is 0 Å². The average Bonchev–Trinajstić information content (AvgIpc) is 3.02. The highest BCUT2D eigenvalue weighted by molar-refractivity contribution is 14.0. The van der Waals surface area contributed by atoms with Crippen molar-refractivity contribution in [1.82, 2.24) is 25.3 Å². The highest BCUT2D eigenvalue weighted by Crippen LogP contribution is 2.22. The molecule has 1 heterocycles. The lowest BCUT2D eigenvalue weighted by Crippen LogP contribution is -2.38. The third kappa shape index (κ3) is 8.14. The van der Waals surface area contributed by atoms with Crippen LogP contribution in [0, 0.1) is 13.8 Å². The van der Waals surface area contributed by atoms with Gasteiger partial charge in [0, 0.05) is 25.3 Å². The molecule has 0 saturated carbocycles. The standard InChI is InChI=1S/C22H36N6O.HI/c1-7-23-22(24-12-9-13-28-18(3)14-17(2)26-28)25-16-21(27(4)5)19-10-8-11-20(15-19)29-6;/h8,10-11,14-15,21H,7,9,12-13,16H2,1-6H3,(H2,23,24,25);1H. The molecule has 0 aliphatic heterocycles. The van der Waals surface area contributed by atoms with Crippen LogP contribution in [0.4, 0.5) is 0 Å². The number of ether oxygens (including phenoxy) is 1. The zero-order valence-corrected chi connectivity index (χ0v) is 21.4. The van der Waals surface area contributed by atoms with E-state index < -0.39 is 0 Å². The van der Waals surface area contributed by atoms with Gasteiger partial charge in [0.05, 0.1) is 25.4 Å². The van der Waals surface area contributed by atoms with Crippen LogP contribution in [0.2, 0.25) is 0 Å². The van der Waals surface area contributed by atoms with Crippen LogP contribution in [0.1, 0.15) is 36.3 Å². The fraction of sp³-hybridized carbons (Fsp3) is 0.545. The van der Waals surface area contributed by atoms with Gasteiger partial charge in [-0.2, -0.15) is 5.10 Å². The number of aromatic nitrogens is 2. The minimum absolute atomic E-state index is 0. The molecule has 0 bridgehead atoms. The molecule has 0 fully saturated rings. The molecule has 1 atom stereocenters. The number of aliphatic imine (C=N–C) groups is 1. The van der Waals surface area contributed by atoms with Gasteiger partial charge >= 0.3 is 0 Å². The molecular weight excluding hydrogens is 491 g/mol. The number of halogens is 1. The Balaban J connectivity index is 0.00000450. The number of methoxy groups -OCH3 is 1. The van der Waals surface area contributed by atoms with E-state index >= 15 is 0 Å². The molecule has 1 unspecified atom stereocenters. The van der Waals surface area contributed by atoms with E-state index in [1.165, 1.54) is 11.3 Å². The van der Waals surface area contributed by atoms with Gasteiger partial charge in [-0.15, -0.1) is 24.0 Å². The van der Waals surface area contributed by atoms with Gasteiger partial charge in [-0.25, -0.2) is 0 Å². The van der Waals surface area contributed by atoms with Gasteiger partial charge in [0.15, 0.2) is 5.96 Å². The quantitative estimate of drug-likeness (QED) is 0.214. The van der Waals surface area contributed by atoms with Crippen LogP contribution in [-0.2, 0) is 6.54 Å². The molecule has 0 radical (unpaired) electrons. The van der Waals surface area contributed by atoms with Gasteiger partial charge in [-0.1, -0.05) is 12.1 Å². The molecule has 0 spiro atoms. The third-order valence-corrected chi connectivity index (χ3v) is 4.81. The summed E-state index contributed by atoms with van der Waals surface area (Å²) in [6, 6.07) is 10.5. The molecule has 1 aromatic heterocycles. The van der Waals surface area contributed by atoms with Crippen LogP contribution in [0.3, 0.4) is 0 Å². The van der Waals surface area contributed by atoms with Crippen LogP contribution in [0.15, 0.2) is 35.3 Å². The summed E-state index contributed by atoms with van der Waals surface area (Å²) < 4.78 is 7.44. The van der Waals surface area contributed by atoms with Crippen molar-refractivity contribution in [3.8, 4) is 5.75 Å². The van der Waals surface area contributed by atoms with Crippen LogP contribution < -0.4 is 15.4 Å². The maximum Gasteiger partial charge on any atom is 0.191 e. The van der Waals surface area contributed by atoms with Crippen LogP contribution in [-0.4, -0.2) is 61.5 Å². The van der Waals surface area contributed by atoms with Crippen LogP contribution in [0.25, 0.3) is 0 Å². The van der Waals surface area contributed by atoms with Crippen LogP contribution >= 0.6 is 24.0 Å². The highest BCUT2D eigenvalue weighted by atomic mass is 127. The summed E-state index contributed by atoms with van der Waals surface area (Å²) in [5.41, 5.74) is 3.46. The van der Waals surface area contributed by atoms with Crippen LogP contribution in [0.5, 0.6) is 5.75 Å². The van der Waals surface area contributed by atoms with Crippen molar-refractivity contribution in [2.75, 3.05) is 40.8 Å². The molecule has 0 aliphatic carbocycles. The van der Waals surface area contributed by atoms with E-state index in [9.17, 15) is 0 Å². The first-order valence-electron chi connectivity index (χ1n) is 10.3. The maximum atomic E-state index is 5.37. The highest BCUT2D eigenvalue weighted by Gasteiger charge is 2.15. The number of hydrogen-bond donors (Lipinski definition) is 2. The first kappa shape index (κ1) is 26.2. The second kappa shape index (κ2) is 13.5. The largest absolute Gasteiger partial charge is 0.497 e. The fourth-order valence-corrected chi connectivity index (χ4v) is 3.27. The van der Waals surface area contributed by atoms with Crippen molar-refractivity contribution in [3.05, 3.63) is 47.3 Å². The van der Waals surface area contributed by atoms with Crippen molar-refractivity contribution in [2.45, 2.75) is 39.8 Å². The fourth-order valence-electron chi connectivity index (χ4n) is 3.27. The summed E-state index contributed by atoms with van der Waals surface area (Å²) in [4.78, 5) is 7.01. The van der Waals surface area contributed by atoms with E-state index in [0.717, 1.165) is 43.5 Å². The lowest BCUT2D eigenvalue weighted by atomic mass is 10.1. The van der Waals surface area contributed by atoms with E-state index in [4.69, 9.17) is 9.73 Å². The summed E-state index contributed by atoms with van der Waals surface area (Å²) in [5, 5.41) is 11.3. The molecule has 2 rings (SSSR count). The maximum absolute atomic E-state index is 5.37. The molecule has 0 aliphatic rings. The summed E-state index contributed by atoms with van der Waals surface area (Å²) in [5.74, 6) is 1.71. The molecule has 30 heavy (non-hydrogen) atoms. The Morgan fingerprint density at radius 2 is 2.00 bits per heavy atom. The number of aryl methyl sites for hydroxylation is 3. The van der Waals surface area contributed by atoms with Gasteiger partial charge in [0.2, 0.25) is 0 Å². The molecule has 2 N–H and O–H groups in total. The molecular formula is C22H37IN6O. The minimum atomic E-state index is 0. The van der Waals surface area contributed by atoms with E-state index in [1.807, 2.05) is 19.1 Å². The minimum Gasteiger partial charge on any atom is -0.497 e. The van der Waals surface area contributed by atoms with E-state index in [2.05, 4.69) is 71.5 Å². The second-order valence-electron chi connectivity index (χ2n) is 7.41. The zero-order chi connectivity index (χ0) is 21.2. The number of rotatable bonds is 10. The normalized spacial score (nSPS) is 12.4. The number of likely N-dealkylation sites (N-methyl/N-ethyl adjacent to an activating group) is 1. The Hall–Kier alpha value is -1.81. The summed E-state index contributed by atoms with van der Waals surface area (Å²) in [6.45, 7) is 9.44. The smallest absolute Gasteiger partial charge is 0.191 e. The average molecular weight is 528 g/mol. The van der Waals surface area contributed by atoms with E-state index in [0.29, 0.717) is 6.54 Å². The molecule has 2 aromatic rings. The molecule has 168 valence electrons. The van der Waals surface area contributed by atoms with Crippen molar-refractivity contribution < 1.29 is 4.74 Å².